The fourth-order valence-corrected chi connectivity index (χ4v) is 3.61. The van der Waals surface area contributed by atoms with Gasteiger partial charge in [-0.05, 0) is 32.0 Å². The van der Waals surface area contributed by atoms with Crippen molar-refractivity contribution in [3.63, 3.8) is 0 Å². The van der Waals surface area contributed by atoms with Crippen LogP contribution in [0.1, 0.15) is 23.0 Å². The number of carbonyl (C=O) groups excluding carboxylic acids is 1. The first-order valence-corrected chi connectivity index (χ1v) is 9.85. The largest absolute Gasteiger partial charge is 0.484 e. The Hall–Kier alpha value is -2.71. The van der Waals surface area contributed by atoms with E-state index in [-0.39, 0.29) is 29.8 Å². The number of ether oxygens (including phenoxy) is 3. The van der Waals surface area contributed by atoms with Crippen LogP contribution in [0.5, 0.6) is 5.75 Å². The minimum absolute atomic E-state index is 0.176. The number of nitrogens with zero attached hydrogens (tertiary/aromatic N) is 3. The Labute approximate surface area is 169 Å². The predicted molar refractivity (Wildman–Crippen MR) is 105 cm³/mol. The van der Waals surface area contributed by atoms with E-state index in [4.69, 9.17) is 14.2 Å². The zero-order valence-electron chi connectivity index (χ0n) is 16.6. The Morgan fingerprint density at radius 2 is 1.93 bits per heavy atom. The highest BCUT2D eigenvalue weighted by molar-refractivity contribution is 5.94. The van der Waals surface area contributed by atoms with Gasteiger partial charge in [-0.15, -0.1) is 0 Å². The van der Waals surface area contributed by atoms with Crippen LogP contribution in [0.25, 0.3) is 0 Å². The van der Waals surface area contributed by atoms with Crippen molar-refractivity contribution in [3.8, 4) is 5.75 Å². The summed E-state index contributed by atoms with van der Waals surface area (Å²) in [6.45, 7) is 6.00. The molecule has 2 aliphatic heterocycles. The van der Waals surface area contributed by atoms with Crippen LogP contribution in [0.4, 0.5) is 0 Å². The lowest BCUT2D eigenvalue weighted by molar-refractivity contribution is -0.00461. The van der Waals surface area contributed by atoms with Gasteiger partial charge in [0.25, 0.3) is 11.5 Å². The lowest BCUT2D eigenvalue weighted by atomic mass is 10.2. The number of hydrogen-bond acceptors (Lipinski definition) is 6. The number of pyridine rings is 2. The summed E-state index contributed by atoms with van der Waals surface area (Å²) in [6.07, 6.45) is 2.70. The van der Waals surface area contributed by atoms with Crippen molar-refractivity contribution in [3.05, 3.63) is 58.3 Å². The molecule has 0 saturated carbocycles. The van der Waals surface area contributed by atoms with E-state index >= 15 is 0 Å². The van der Waals surface area contributed by atoms with Crippen LogP contribution in [0.15, 0.2) is 41.5 Å². The summed E-state index contributed by atoms with van der Waals surface area (Å²) in [5.41, 5.74) is 1.14. The summed E-state index contributed by atoms with van der Waals surface area (Å²) >= 11 is 0. The van der Waals surface area contributed by atoms with Crippen LogP contribution in [-0.2, 0) is 16.0 Å². The summed E-state index contributed by atoms with van der Waals surface area (Å²) in [6, 6.07) is 6.84. The van der Waals surface area contributed by atoms with Crippen LogP contribution in [0.2, 0.25) is 0 Å². The maximum atomic E-state index is 12.8. The number of hydrogen-bond donors (Lipinski definition) is 0. The quantitative estimate of drug-likeness (QED) is 0.770. The normalized spacial score (nSPS) is 22.2. The highest BCUT2D eigenvalue weighted by atomic mass is 16.6. The molecule has 2 saturated heterocycles. The molecule has 29 heavy (non-hydrogen) atoms. The minimum Gasteiger partial charge on any atom is -0.484 e. The molecule has 2 aromatic heterocycles. The Morgan fingerprint density at radius 1 is 1.21 bits per heavy atom. The van der Waals surface area contributed by atoms with E-state index in [2.05, 4.69) is 4.98 Å². The van der Waals surface area contributed by atoms with Gasteiger partial charge in [0.1, 0.15) is 24.1 Å². The number of carbonyl (C=O) groups is 1. The first-order chi connectivity index (χ1) is 14.0. The molecule has 2 aliphatic rings. The molecule has 0 unspecified atom stereocenters. The maximum Gasteiger partial charge on any atom is 0.254 e. The third kappa shape index (κ3) is 4.33. The second kappa shape index (κ2) is 8.34. The van der Waals surface area contributed by atoms with Gasteiger partial charge in [0.15, 0.2) is 0 Å². The van der Waals surface area contributed by atoms with E-state index in [0.29, 0.717) is 44.2 Å². The Kier molecular flexibility index (Phi) is 5.64. The number of aryl methyl sites for hydroxylation is 2. The molecule has 0 aromatic carbocycles. The van der Waals surface area contributed by atoms with Crippen LogP contribution in [-0.4, -0.2) is 65.0 Å². The summed E-state index contributed by atoms with van der Waals surface area (Å²) in [7, 11) is 0. The highest BCUT2D eigenvalue weighted by Crippen LogP contribution is 2.23. The zero-order chi connectivity index (χ0) is 20.4. The second-order valence-electron chi connectivity index (χ2n) is 7.37. The topological polar surface area (TPSA) is 82.9 Å². The molecule has 154 valence electrons. The summed E-state index contributed by atoms with van der Waals surface area (Å²) in [5.74, 6) is 0.502. The van der Waals surface area contributed by atoms with E-state index in [1.807, 2.05) is 26.0 Å². The maximum absolute atomic E-state index is 12.8. The van der Waals surface area contributed by atoms with Crippen LogP contribution >= 0.6 is 0 Å². The number of rotatable bonds is 4. The zero-order valence-corrected chi connectivity index (χ0v) is 16.6. The van der Waals surface area contributed by atoms with Crippen LogP contribution < -0.4 is 10.3 Å². The summed E-state index contributed by atoms with van der Waals surface area (Å²) in [5, 5.41) is 0. The molecule has 4 heterocycles. The van der Waals surface area contributed by atoms with Gasteiger partial charge in [-0.1, -0.05) is 0 Å². The van der Waals surface area contributed by atoms with Gasteiger partial charge in [0.05, 0.1) is 19.4 Å². The lowest BCUT2D eigenvalue weighted by Crippen LogP contribution is -2.33. The fourth-order valence-electron chi connectivity index (χ4n) is 3.61. The highest BCUT2D eigenvalue weighted by Gasteiger charge is 2.40. The molecule has 0 aliphatic carbocycles. The van der Waals surface area contributed by atoms with Gasteiger partial charge < -0.3 is 23.7 Å². The SMILES string of the molecule is CCn1ccc(C(=O)N2C[C@@H]3OCC(Oc4ccc(C)nc4)CO[C@H]3C2)cc1=O. The van der Waals surface area contributed by atoms with E-state index in [0.717, 1.165) is 5.69 Å². The first-order valence-electron chi connectivity index (χ1n) is 9.85. The molecule has 8 nitrogen and oxygen atoms in total. The second-order valence-corrected chi connectivity index (χ2v) is 7.37. The number of fused-ring (bicyclic) bond motifs is 1. The summed E-state index contributed by atoms with van der Waals surface area (Å²) < 4.78 is 19.4. The Bertz CT molecular complexity index is 911. The van der Waals surface area contributed by atoms with Gasteiger partial charge in [0.2, 0.25) is 0 Å². The van der Waals surface area contributed by atoms with Gasteiger partial charge in [-0.3, -0.25) is 14.6 Å². The van der Waals surface area contributed by atoms with Gasteiger partial charge in [-0.2, -0.15) is 0 Å². The molecule has 0 bridgehead atoms. The van der Waals surface area contributed by atoms with Gasteiger partial charge in [-0.25, -0.2) is 0 Å². The van der Waals surface area contributed by atoms with Crippen LogP contribution in [0.3, 0.4) is 0 Å². The molecule has 0 radical (unpaired) electrons. The van der Waals surface area contributed by atoms with Crippen LogP contribution in [0, 0.1) is 6.92 Å². The molecule has 8 heteroatoms. The third-order valence-electron chi connectivity index (χ3n) is 5.27. The minimum atomic E-state index is -0.226. The number of aromatic nitrogens is 2. The molecular formula is C21H25N3O5. The lowest BCUT2D eigenvalue weighted by Gasteiger charge is -2.19. The van der Waals surface area contributed by atoms with E-state index in [1.165, 1.54) is 6.07 Å². The average molecular weight is 399 g/mol. The van der Waals surface area contributed by atoms with Crippen molar-refractivity contribution >= 4 is 5.91 Å². The molecule has 2 aromatic rings. The predicted octanol–water partition coefficient (Wildman–Crippen LogP) is 1.26. The smallest absolute Gasteiger partial charge is 0.254 e. The Balaban J connectivity index is 1.35. The van der Waals surface area contributed by atoms with Crippen molar-refractivity contribution in [2.75, 3.05) is 26.3 Å². The van der Waals surface area contributed by atoms with Gasteiger partial charge in [0, 0.05) is 43.2 Å². The third-order valence-corrected chi connectivity index (χ3v) is 5.27. The monoisotopic (exact) mass is 399 g/mol. The van der Waals surface area contributed by atoms with Crippen molar-refractivity contribution in [2.45, 2.75) is 38.7 Å². The van der Waals surface area contributed by atoms with Crippen molar-refractivity contribution in [2.24, 2.45) is 0 Å². The van der Waals surface area contributed by atoms with Crippen molar-refractivity contribution < 1.29 is 19.0 Å². The summed E-state index contributed by atoms with van der Waals surface area (Å²) in [4.78, 5) is 30.7. The molecular weight excluding hydrogens is 374 g/mol. The molecule has 4 rings (SSSR count). The number of amides is 1. The number of likely N-dealkylation sites (tertiary alicyclic amines) is 1. The van der Waals surface area contributed by atoms with Gasteiger partial charge >= 0.3 is 0 Å². The van der Waals surface area contributed by atoms with Crippen molar-refractivity contribution in [1.29, 1.82) is 0 Å². The van der Waals surface area contributed by atoms with E-state index in [9.17, 15) is 9.59 Å². The van der Waals surface area contributed by atoms with Crippen molar-refractivity contribution in [1.82, 2.24) is 14.5 Å². The molecule has 2 atom stereocenters. The average Bonchev–Trinajstić information content (AvgIpc) is 3.05. The molecule has 1 amide bonds. The Morgan fingerprint density at radius 3 is 2.52 bits per heavy atom. The molecule has 0 spiro atoms. The van der Waals surface area contributed by atoms with E-state index < -0.39 is 0 Å². The van der Waals surface area contributed by atoms with E-state index in [1.54, 1.807) is 27.9 Å². The first kappa shape index (κ1) is 19.6. The molecule has 2 fully saturated rings. The molecule has 0 N–H and O–H groups in total. The standard InChI is InChI=1S/C21H25N3O5/c1-3-23-7-6-15(8-20(23)25)21(26)24-10-18-19(11-24)28-13-17(12-27-18)29-16-5-4-14(2)22-9-16/h4-9,17-19H,3,10-13H2,1-2H3/t18-,19-/m0/s1. The fraction of sp³-hybridized carbons (Fsp3) is 0.476.